The first kappa shape index (κ1) is 14.0. The Balaban J connectivity index is 2.42. The number of thiophene rings is 1. The van der Waals surface area contributed by atoms with Gasteiger partial charge in [-0.3, -0.25) is 4.31 Å². The van der Waals surface area contributed by atoms with Gasteiger partial charge in [0.25, 0.3) is 10.0 Å². The van der Waals surface area contributed by atoms with Crippen LogP contribution < -0.4 is 10.0 Å². The fraction of sp³-hybridized carbons (Fsp3) is 0.231. The molecular formula is C13H16N2O2S2. The molecule has 1 aromatic carbocycles. The fourth-order valence-electron chi connectivity index (χ4n) is 1.80. The molecule has 0 aliphatic carbocycles. The number of para-hydroxylation sites is 1. The molecule has 0 atom stereocenters. The van der Waals surface area contributed by atoms with Crippen molar-refractivity contribution in [2.24, 2.45) is 5.73 Å². The highest BCUT2D eigenvalue weighted by Crippen LogP contribution is 2.28. The number of hydrogen-bond acceptors (Lipinski definition) is 4. The van der Waals surface area contributed by atoms with Crippen molar-refractivity contribution in [3.8, 4) is 0 Å². The third-order valence-electron chi connectivity index (χ3n) is 2.71. The molecule has 2 aromatic rings. The summed E-state index contributed by atoms with van der Waals surface area (Å²) in [4.78, 5) is 0.864. The average Bonchev–Trinajstić information content (AvgIpc) is 2.90. The quantitative estimate of drug-likeness (QED) is 0.921. The topological polar surface area (TPSA) is 63.4 Å². The molecule has 2 N–H and O–H groups in total. The van der Waals surface area contributed by atoms with Crippen LogP contribution in [0.5, 0.6) is 0 Å². The lowest BCUT2D eigenvalue weighted by atomic mass is 10.3. The summed E-state index contributed by atoms with van der Waals surface area (Å²) in [6.45, 7) is 2.57. The predicted molar refractivity (Wildman–Crippen MR) is 78.9 cm³/mol. The van der Waals surface area contributed by atoms with E-state index in [-0.39, 0.29) is 0 Å². The predicted octanol–water partition coefficient (Wildman–Crippen LogP) is 2.42. The molecule has 102 valence electrons. The van der Waals surface area contributed by atoms with Gasteiger partial charge in [0.1, 0.15) is 4.21 Å². The van der Waals surface area contributed by atoms with E-state index in [1.807, 2.05) is 25.1 Å². The van der Waals surface area contributed by atoms with Crippen LogP contribution in [0, 0.1) is 0 Å². The van der Waals surface area contributed by atoms with Crippen molar-refractivity contribution in [1.82, 2.24) is 0 Å². The smallest absolute Gasteiger partial charge is 0.273 e. The first-order chi connectivity index (χ1) is 9.09. The molecule has 0 amide bonds. The molecule has 0 spiro atoms. The molecule has 1 aromatic heterocycles. The van der Waals surface area contributed by atoms with Crippen molar-refractivity contribution < 1.29 is 8.42 Å². The van der Waals surface area contributed by atoms with Crippen molar-refractivity contribution in [3.63, 3.8) is 0 Å². The summed E-state index contributed by atoms with van der Waals surface area (Å²) in [6.07, 6.45) is 0. The lowest BCUT2D eigenvalue weighted by molar-refractivity contribution is 0.594. The SMILES string of the molecule is CCN(c1ccccc1)S(=O)(=O)c1ccc(CN)s1. The highest BCUT2D eigenvalue weighted by molar-refractivity contribution is 7.94. The molecule has 1 heterocycles. The number of rotatable bonds is 5. The van der Waals surface area contributed by atoms with E-state index in [1.54, 1.807) is 24.3 Å². The van der Waals surface area contributed by atoms with Gasteiger partial charge < -0.3 is 5.73 Å². The van der Waals surface area contributed by atoms with Crippen molar-refractivity contribution in [1.29, 1.82) is 0 Å². The summed E-state index contributed by atoms with van der Waals surface area (Å²) >= 11 is 1.22. The average molecular weight is 296 g/mol. The molecule has 0 aliphatic heterocycles. The van der Waals surface area contributed by atoms with Crippen molar-refractivity contribution >= 4 is 27.0 Å². The number of benzene rings is 1. The summed E-state index contributed by atoms with van der Waals surface area (Å²) < 4.78 is 26.9. The van der Waals surface area contributed by atoms with Gasteiger partial charge in [0, 0.05) is 18.0 Å². The molecular weight excluding hydrogens is 280 g/mol. The van der Waals surface area contributed by atoms with Crippen LogP contribution in [-0.4, -0.2) is 15.0 Å². The van der Waals surface area contributed by atoms with Crippen LogP contribution in [0.4, 0.5) is 5.69 Å². The van der Waals surface area contributed by atoms with E-state index in [0.29, 0.717) is 23.0 Å². The van der Waals surface area contributed by atoms with E-state index < -0.39 is 10.0 Å². The molecule has 4 nitrogen and oxygen atoms in total. The first-order valence-corrected chi connectivity index (χ1v) is 8.21. The Hall–Kier alpha value is -1.37. The van der Waals surface area contributed by atoms with Crippen LogP contribution in [0.3, 0.4) is 0 Å². The van der Waals surface area contributed by atoms with Crippen molar-refractivity contribution in [2.45, 2.75) is 17.7 Å². The Morgan fingerprint density at radius 1 is 1.16 bits per heavy atom. The standard InChI is InChI=1S/C13H16N2O2S2/c1-2-15(11-6-4-3-5-7-11)19(16,17)13-9-8-12(10-14)18-13/h3-9H,2,10,14H2,1H3. The van der Waals surface area contributed by atoms with Gasteiger partial charge in [0.05, 0.1) is 5.69 Å². The number of anilines is 1. The van der Waals surface area contributed by atoms with Gasteiger partial charge in [0.15, 0.2) is 0 Å². The van der Waals surface area contributed by atoms with E-state index in [4.69, 9.17) is 5.73 Å². The largest absolute Gasteiger partial charge is 0.326 e. The summed E-state index contributed by atoms with van der Waals surface area (Å²) in [6, 6.07) is 12.5. The lowest BCUT2D eigenvalue weighted by Gasteiger charge is -2.21. The maximum atomic E-state index is 12.6. The second-order valence-electron chi connectivity index (χ2n) is 3.93. The lowest BCUT2D eigenvalue weighted by Crippen LogP contribution is -2.30. The van der Waals surface area contributed by atoms with E-state index in [2.05, 4.69) is 0 Å². The molecule has 0 bridgehead atoms. The maximum absolute atomic E-state index is 12.6. The number of sulfonamides is 1. The van der Waals surface area contributed by atoms with Gasteiger partial charge in [-0.15, -0.1) is 11.3 Å². The molecule has 2 rings (SSSR count). The Labute approximate surface area is 117 Å². The third-order valence-corrected chi connectivity index (χ3v) is 6.19. The monoisotopic (exact) mass is 296 g/mol. The Kier molecular flexibility index (Phi) is 4.24. The second kappa shape index (κ2) is 5.73. The van der Waals surface area contributed by atoms with Crippen LogP contribution in [0.15, 0.2) is 46.7 Å². The van der Waals surface area contributed by atoms with Crippen molar-refractivity contribution in [3.05, 3.63) is 47.3 Å². The second-order valence-corrected chi connectivity index (χ2v) is 7.19. The van der Waals surface area contributed by atoms with Crippen LogP contribution in [0.2, 0.25) is 0 Å². The summed E-state index contributed by atoms with van der Waals surface area (Å²) in [5.41, 5.74) is 6.20. The minimum Gasteiger partial charge on any atom is -0.326 e. The van der Waals surface area contributed by atoms with Gasteiger partial charge >= 0.3 is 0 Å². The first-order valence-electron chi connectivity index (χ1n) is 5.96. The van der Waals surface area contributed by atoms with Gasteiger partial charge in [0.2, 0.25) is 0 Å². The number of nitrogens with two attached hydrogens (primary N) is 1. The zero-order chi connectivity index (χ0) is 13.9. The van der Waals surface area contributed by atoms with E-state index >= 15 is 0 Å². The molecule has 19 heavy (non-hydrogen) atoms. The molecule has 0 unspecified atom stereocenters. The molecule has 0 aliphatic rings. The van der Waals surface area contributed by atoms with Crippen LogP contribution >= 0.6 is 11.3 Å². The molecule has 0 radical (unpaired) electrons. The highest BCUT2D eigenvalue weighted by Gasteiger charge is 2.24. The van der Waals surface area contributed by atoms with E-state index in [9.17, 15) is 8.42 Å². The van der Waals surface area contributed by atoms with Gasteiger partial charge in [-0.25, -0.2) is 8.42 Å². The zero-order valence-electron chi connectivity index (χ0n) is 10.6. The Morgan fingerprint density at radius 2 is 1.84 bits per heavy atom. The van der Waals surface area contributed by atoms with E-state index in [1.165, 1.54) is 15.6 Å². The Morgan fingerprint density at radius 3 is 2.37 bits per heavy atom. The summed E-state index contributed by atoms with van der Waals surface area (Å²) in [5.74, 6) is 0. The van der Waals surface area contributed by atoms with Gasteiger partial charge in [-0.2, -0.15) is 0 Å². The minimum atomic E-state index is -3.50. The van der Waals surface area contributed by atoms with E-state index in [0.717, 1.165) is 4.88 Å². The highest BCUT2D eigenvalue weighted by atomic mass is 32.2. The summed E-state index contributed by atoms with van der Waals surface area (Å²) in [5, 5.41) is 0. The number of nitrogens with zero attached hydrogens (tertiary/aromatic N) is 1. The molecule has 0 saturated carbocycles. The normalized spacial score (nSPS) is 11.5. The van der Waals surface area contributed by atoms with Crippen molar-refractivity contribution in [2.75, 3.05) is 10.8 Å². The fourth-order valence-corrected chi connectivity index (χ4v) is 4.62. The van der Waals surface area contributed by atoms with Crippen LogP contribution in [0.25, 0.3) is 0 Å². The molecule has 6 heteroatoms. The Bertz CT molecular complexity index is 636. The van der Waals surface area contributed by atoms with Gasteiger partial charge in [-0.1, -0.05) is 18.2 Å². The molecule has 0 fully saturated rings. The maximum Gasteiger partial charge on any atom is 0.273 e. The third kappa shape index (κ3) is 2.80. The minimum absolute atomic E-state index is 0.332. The summed E-state index contributed by atoms with van der Waals surface area (Å²) in [7, 11) is -3.50. The van der Waals surface area contributed by atoms with Gasteiger partial charge in [-0.05, 0) is 31.2 Å². The number of hydrogen-bond donors (Lipinski definition) is 1. The molecule has 0 saturated heterocycles. The van der Waals surface area contributed by atoms with Crippen LogP contribution in [0.1, 0.15) is 11.8 Å². The van der Waals surface area contributed by atoms with Crippen LogP contribution in [-0.2, 0) is 16.6 Å². The zero-order valence-corrected chi connectivity index (χ0v) is 12.2.